The molecule has 216 valence electrons. The summed E-state index contributed by atoms with van der Waals surface area (Å²) in [6.45, 7) is 18.5. The Morgan fingerprint density at radius 1 is 0.974 bits per heavy atom. The number of hydrogen-bond acceptors (Lipinski definition) is 4. The summed E-state index contributed by atoms with van der Waals surface area (Å²) in [4.78, 5) is 24.9. The number of benzene rings is 2. The van der Waals surface area contributed by atoms with Crippen LogP contribution in [0.3, 0.4) is 0 Å². The van der Waals surface area contributed by atoms with Crippen LogP contribution in [0, 0.1) is 11.8 Å². The molecular weight excluding hydrogens is 504 g/mol. The summed E-state index contributed by atoms with van der Waals surface area (Å²) in [5.41, 5.74) is 2.86. The number of rotatable bonds is 14. The largest absolute Gasteiger partial charge is 0.542 e. The quantitative estimate of drug-likeness (QED) is 0.182. The van der Waals surface area contributed by atoms with Gasteiger partial charge in [-0.1, -0.05) is 84.4 Å². The van der Waals surface area contributed by atoms with E-state index in [-0.39, 0.29) is 24.0 Å². The zero-order valence-corrected chi connectivity index (χ0v) is 26.4. The number of alkyl carbamates (subject to hydrolysis) is 1. The van der Waals surface area contributed by atoms with Gasteiger partial charge in [-0.05, 0) is 72.5 Å². The van der Waals surface area contributed by atoms with Gasteiger partial charge in [-0.3, -0.25) is 4.79 Å². The van der Waals surface area contributed by atoms with Crippen LogP contribution in [0.1, 0.15) is 78.4 Å². The fourth-order valence-electron chi connectivity index (χ4n) is 4.08. The van der Waals surface area contributed by atoms with Crippen molar-refractivity contribution < 1.29 is 18.8 Å². The molecule has 0 heterocycles. The van der Waals surface area contributed by atoms with Gasteiger partial charge in [0.15, 0.2) is 0 Å². The summed E-state index contributed by atoms with van der Waals surface area (Å²) in [6, 6.07) is 15.8. The second-order valence-electron chi connectivity index (χ2n) is 12.4. The van der Waals surface area contributed by atoms with Crippen molar-refractivity contribution in [3.8, 4) is 5.75 Å². The molecule has 0 aliphatic heterocycles. The second kappa shape index (κ2) is 15.1. The van der Waals surface area contributed by atoms with E-state index in [0.29, 0.717) is 24.8 Å². The molecule has 2 aromatic carbocycles. The maximum absolute atomic E-state index is 12.9. The van der Waals surface area contributed by atoms with Gasteiger partial charge in [-0.2, -0.15) is 0 Å². The maximum atomic E-state index is 12.9. The van der Waals surface area contributed by atoms with E-state index in [0.717, 1.165) is 23.4 Å². The van der Waals surface area contributed by atoms with Crippen LogP contribution in [-0.4, -0.2) is 26.9 Å². The monoisotopic (exact) mass is 554 g/mol. The number of ether oxygens (including phenoxy) is 1. The average molecular weight is 555 g/mol. The molecule has 0 aliphatic rings. The third kappa shape index (κ3) is 11.5. The maximum Gasteiger partial charge on any atom is 0.407 e. The number of nitrogens with one attached hydrogen (secondary N) is 2. The van der Waals surface area contributed by atoms with Crippen molar-refractivity contribution in [3.05, 3.63) is 59.7 Å². The molecule has 2 rings (SSSR count). The third-order valence-electron chi connectivity index (χ3n) is 7.64. The van der Waals surface area contributed by atoms with Gasteiger partial charge >= 0.3 is 6.09 Å². The van der Waals surface area contributed by atoms with Crippen molar-refractivity contribution in [2.75, 3.05) is 11.9 Å². The minimum absolute atomic E-state index is 0.0402. The van der Waals surface area contributed by atoms with E-state index in [9.17, 15) is 9.59 Å². The SMILES string of the molecule is CCC(C)C[C@@H](C)Cc1ccc(O[Si](C)(C)C(C)(C)C)c(NC(=O)CCCNC(=O)OCc2ccccc2)c1. The highest BCUT2D eigenvalue weighted by Gasteiger charge is 2.39. The molecule has 1 unspecified atom stereocenters. The molecule has 0 aliphatic carbocycles. The van der Waals surface area contributed by atoms with Crippen LogP contribution in [0.15, 0.2) is 48.5 Å². The van der Waals surface area contributed by atoms with Crippen LogP contribution in [0.4, 0.5) is 10.5 Å². The Morgan fingerprint density at radius 2 is 1.67 bits per heavy atom. The molecule has 39 heavy (non-hydrogen) atoms. The summed E-state index contributed by atoms with van der Waals surface area (Å²) in [7, 11) is -2.09. The van der Waals surface area contributed by atoms with E-state index in [2.05, 4.69) is 77.4 Å². The minimum Gasteiger partial charge on any atom is -0.542 e. The van der Waals surface area contributed by atoms with Crippen molar-refractivity contribution in [1.82, 2.24) is 5.32 Å². The third-order valence-corrected chi connectivity index (χ3v) is 12.0. The standard InChI is InChI=1S/C32H50N2O4Si/c1-9-24(2)20-25(3)21-27-17-18-29(38-39(7,8)32(4,5)6)28(22-27)34-30(35)16-13-19-33-31(36)37-23-26-14-11-10-12-15-26/h10-12,14-15,17-18,22,24-25H,9,13,16,19-21,23H2,1-8H3,(H,33,36)(H,34,35)/t24?,25-/m1/s1. The molecular formula is C32H50N2O4Si. The number of carbonyl (C=O) groups excluding carboxylic acids is 2. The first-order valence-corrected chi connectivity index (χ1v) is 17.3. The molecule has 0 bridgehead atoms. The lowest BCUT2D eigenvalue weighted by Crippen LogP contribution is -2.44. The summed E-state index contributed by atoms with van der Waals surface area (Å²) < 4.78 is 11.8. The predicted octanol–water partition coefficient (Wildman–Crippen LogP) is 8.33. The molecule has 2 atom stereocenters. The minimum atomic E-state index is -2.09. The molecule has 0 radical (unpaired) electrons. The molecule has 2 N–H and O–H groups in total. The number of hydrogen-bond donors (Lipinski definition) is 2. The Balaban J connectivity index is 1.98. The van der Waals surface area contributed by atoms with Gasteiger partial charge in [0.2, 0.25) is 5.91 Å². The molecule has 6 nitrogen and oxygen atoms in total. The molecule has 0 saturated carbocycles. The molecule has 2 amide bonds. The normalized spacial score (nSPS) is 13.3. The average Bonchev–Trinajstić information content (AvgIpc) is 2.86. The lowest BCUT2D eigenvalue weighted by Gasteiger charge is -2.37. The Hall–Kier alpha value is -2.80. The predicted molar refractivity (Wildman–Crippen MR) is 164 cm³/mol. The van der Waals surface area contributed by atoms with E-state index >= 15 is 0 Å². The zero-order chi connectivity index (χ0) is 29.1. The fraction of sp³-hybridized carbons (Fsp3) is 0.562. The van der Waals surface area contributed by atoms with Gasteiger partial charge < -0.3 is 19.8 Å². The smallest absolute Gasteiger partial charge is 0.407 e. The fourth-order valence-corrected chi connectivity index (χ4v) is 5.12. The molecule has 7 heteroatoms. The van der Waals surface area contributed by atoms with Gasteiger partial charge in [-0.25, -0.2) is 4.79 Å². The van der Waals surface area contributed by atoms with Gasteiger partial charge in [0.05, 0.1) is 5.69 Å². The lowest BCUT2D eigenvalue weighted by atomic mass is 9.90. The lowest BCUT2D eigenvalue weighted by molar-refractivity contribution is -0.116. The van der Waals surface area contributed by atoms with Gasteiger partial charge in [-0.15, -0.1) is 0 Å². The van der Waals surface area contributed by atoms with Crippen LogP contribution in [0.25, 0.3) is 0 Å². The van der Waals surface area contributed by atoms with Gasteiger partial charge in [0.25, 0.3) is 8.32 Å². The molecule has 0 spiro atoms. The van der Waals surface area contributed by atoms with Crippen molar-refractivity contribution in [2.45, 2.75) is 98.4 Å². The highest BCUT2D eigenvalue weighted by Crippen LogP contribution is 2.40. The van der Waals surface area contributed by atoms with Gasteiger partial charge in [0.1, 0.15) is 12.4 Å². The molecule has 0 aromatic heterocycles. The van der Waals surface area contributed by atoms with E-state index in [4.69, 9.17) is 9.16 Å². The molecule has 0 fully saturated rings. The number of amides is 2. The van der Waals surface area contributed by atoms with Crippen LogP contribution in [0.5, 0.6) is 5.75 Å². The van der Waals surface area contributed by atoms with E-state index < -0.39 is 14.4 Å². The van der Waals surface area contributed by atoms with E-state index in [1.54, 1.807) is 0 Å². The Kier molecular flexibility index (Phi) is 12.6. The summed E-state index contributed by atoms with van der Waals surface area (Å²) >= 11 is 0. The zero-order valence-electron chi connectivity index (χ0n) is 25.4. The van der Waals surface area contributed by atoms with Crippen LogP contribution >= 0.6 is 0 Å². The first kappa shape index (κ1) is 32.4. The van der Waals surface area contributed by atoms with Crippen molar-refractivity contribution >= 4 is 26.0 Å². The summed E-state index contributed by atoms with van der Waals surface area (Å²) in [5.74, 6) is 1.89. The van der Waals surface area contributed by atoms with Crippen LogP contribution in [-0.2, 0) is 22.6 Å². The molecule has 0 saturated heterocycles. The highest BCUT2D eigenvalue weighted by atomic mass is 28.4. The van der Waals surface area contributed by atoms with E-state index in [1.165, 1.54) is 18.4 Å². The second-order valence-corrected chi connectivity index (χ2v) is 17.1. The van der Waals surface area contributed by atoms with Crippen LogP contribution < -0.4 is 15.1 Å². The number of anilines is 1. The van der Waals surface area contributed by atoms with Crippen molar-refractivity contribution in [2.24, 2.45) is 11.8 Å². The van der Waals surface area contributed by atoms with Crippen molar-refractivity contribution in [1.29, 1.82) is 0 Å². The Morgan fingerprint density at radius 3 is 2.31 bits per heavy atom. The van der Waals surface area contributed by atoms with Crippen molar-refractivity contribution in [3.63, 3.8) is 0 Å². The Labute approximate surface area is 237 Å². The van der Waals surface area contributed by atoms with E-state index in [1.807, 2.05) is 36.4 Å². The Bertz CT molecular complexity index is 1050. The first-order chi connectivity index (χ1) is 18.3. The van der Waals surface area contributed by atoms with Crippen LogP contribution in [0.2, 0.25) is 18.1 Å². The molecule has 2 aromatic rings. The number of carbonyl (C=O) groups is 2. The highest BCUT2D eigenvalue weighted by molar-refractivity contribution is 6.74. The summed E-state index contributed by atoms with van der Waals surface area (Å²) in [5, 5.41) is 5.86. The summed E-state index contributed by atoms with van der Waals surface area (Å²) in [6.07, 6.45) is 3.64. The first-order valence-electron chi connectivity index (χ1n) is 14.4. The van der Waals surface area contributed by atoms with Gasteiger partial charge in [0, 0.05) is 13.0 Å². The topological polar surface area (TPSA) is 76.7 Å².